The molecular weight excluding hydrogens is 1670 g/mol. The highest BCUT2D eigenvalue weighted by Crippen LogP contribution is 2.51. The first-order valence-corrected chi connectivity index (χ1v) is 47.7. The lowest BCUT2D eigenvalue weighted by atomic mass is 9.84. The zero-order chi connectivity index (χ0) is 91.7. The van der Waals surface area contributed by atoms with E-state index in [4.69, 9.17) is 0 Å². The van der Waals surface area contributed by atoms with Crippen molar-refractivity contribution >= 4 is 142 Å². The Kier molecular flexibility index (Phi) is 20.7. The van der Waals surface area contributed by atoms with Crippen LogP contribution in [0.2, 0.25) is 0 Å². The van der Waals surface area contributed by atoms with Gasteiger partial charge >= 0.3 is 0 Å². The maximum atomic E-state index is 2.43. The summed E-state index contributed by atoms with van der Waals surface area (Å²) in [5, 5.41) is 20.0. The van der Waals surface area contributed by atoms with Crippen LogP contribution in [-0.2, 0) is 0 Å². The van der Waals surface area contributed by atoms with Gasteiger partial charge in [-0.1, -0.05) is 364 Å². The average molecular weight is 1760 g/mol. The van der Waals surface area contributed by atoms with Crippen molar-refractivity contribution in [2.24, 2.45) is 0 Å². The van der Waals surface area contributed by atoms with Crippen LogP contribution in [0.25, 0.3) is 209 Å². The van der Waals surface area contributed by atoms with E-state index in [1.165, 1.54) is 208 Å². The fraction of sp³-hybridized carbons (Fsp3) is 0.0149. The molecule has 0 fully saturated rings. The fourth-order valence-electron chi connectivity index (χ4n) is 21.6. The maximum Gasteiger partial charge on any atom is 0.0541 e. The van der Waals surface area contributed by atoms with Crippen LogP contribution < -0.4 is 9.80 Å². The van der Waals surface area contributed by atoms with Crippen LogP contribution in [0.5, 0.6) is 0 Å². The van der Waals surface area contributed by atoms with Crippen LogP contribution in [0, 0.1) is 13.8 Å². The van der Waals surface area contributed by atoms with Gasteiger partial charge in [0.05, 0.1) is 22.1 Å². The van der Waals surface area contributed by atoms with Crippen LogP contribution in [0.1, 0.15) is 11.1 Å². The van der Waals surface area contributed by atoms with E-state index in [1.54, 1.807) is 0 Å². The van der Waals surface area contributed by atoms with Crippen LogP contribution in [0.15, 0.2) is 522 Å². The molecule has 26 rings (SSSR count). The molecule has 0 aliphatic rings. The highest BCUT2D eigenvalue weighted by Gasteiger charge is 2.26. The second kappa shape index (κ2) is 34.9. The number of aryl methyl sites for hydroxylation is 2. The minimum Gasteiger partial charge on any atom is -0.311 e. The molecule has 4 nitrogen and oxygen atoms in total. The van der Waals surface area contributed by atoms with Crippen molar-refractivity contribution in [1.82, 2.24) is 9.13 Å². The third kappa shape index (κ3) is 14.7. The van der Waals surface area contributed by atoms with Crippen molar-refractivity contribution in [3.8, 4) is 100 Å². The standard InChI is InChI=1S/C68H48N2.C66H44N2/c1-45-41-66(46(2)40-61(45)68-59-28-16-14-26-57(59)67(58-27-15-17-29-60(58)68)53-31-30-49-22-12-13-23-50(49)42-53)69(54-24-10-5-11-25-54)55-34-36-56(37-35-55)70-64-38-32-51(47-18-6-3-7-19-47)43-62(64)63-44-52(33-39-65(63)70)48-20-8-4-9-21-48;1-4-16-45(17-5-1)50-32-40-63-61(43-50)62-44-51(46-18-6-2-7-19-46)33-41-64(62)68(63)56-38-36-55(37-39-56)67(53-22-8-3-9-23-53)54-34-30-48(31-35-54)65-57-24-12-14-26-59(57)66(60-27-15-13-25-58(60)65)52-29-28-47-20-10-11-21-49(47)42-52/h3-44H,1-2H3;1-44H. The molecule has 0 aliphatic carbocycles. The Morgan fingerprint density at radius 2 is 0.406 bits per heavy atom. The highest BCUT2D eigenvalue weighted by atomic mass is 15.2. The summed E-state index contributed by atoms with van der Waals surface area (Å²) in [4.78, 5) is 4.77. The molecule has 0 radical (unpaired) electrons. The first-order chi connectivity index (χ1) is 68.3. The van der Waals surface area contributed by atoms with E-state index in [9.17, 15) is 0 Å². The lowest BCUT2D eigenvalue weighted by molar-refractivity contribution is 1.17. The summed E-state index contributed by atoms with van der Waals surface area (Å²) in [5.41, 5.74) is 35.7. The predicted molar refractivity (Wildman–Crippen MR) is 589 cm³/mol. The van der Waals surface area contributed by atoms with Gasteiger partial charge in [0, 0.05) is 67.0 Å². The van der Waals surface area contributed by atoms with E-state index >= 15 is 0 Å². The van der Waals surface area contributed by atoms with Crippen molar-refractivity contribution in [3.05, 3.63) is 533 Å². The van der Waals surface area contributed by atoms with Gasteiger partial charge in [0.2, 0.25) is 0 Å². The number of hydrogen-bond acceptors (Lipinski definition) is 2. The molecule has 4 heteroatoms. The van der Waals surface area contributed by atoms with Gasteiger partial charge < -0.3 is 18.9 Å². The van der Waals surface area contributed by atoms with Crippen molar-refractivity contribution < 1.29 is 0 Å². The van der Waals surface area contributed by atoms with Gasteiger partial charge in [0.15, 0.2) is 0 Å². The zero-order valence-corrected chi connectivity index (χ0v) is 76.4. The molecule has 0 unspecified atom stereocenters. The van der Waals surface area contributed by atoms with Gasteiger partial charge in [-0.2, -0.15) is 0 Å². The second-order valence-corrected chi connectivity index (χ2v) is 36.2. The quantitative estimate of drug-likeness (QED) is 0.0897. The Labute approximate surface area is 802 Å². The Hall–Kier alpha value is -18.0. The summed E-state index contributed by atoms with van der Waals surface area (Å²) in [6, 6.07) is 191. The van der Waals surface area contributed by atoms with Crippen LogP contribution in [0.4, 0.5) is 34.1 Å². The maximum absolute atomic E-state index is 2.43. The lowest BCUT2D eigenvalue weighted by Gasteiger charge is -2.29. The second-order valence-electron chi connectivity index (χ2n) is 36.2. The molecule has 2 heterocycles. The average Bonchev–Trinajstić information content (AvgIpc) is 1.21. The third-order valence-corrected chi connectivity index (χ3v) is 28.1. The largest absolute Gasteiger partial charge is 0.311 e. The van der Waals surface area contributed by atoms with Gasteiger partial charge in [0.25, 0.3) is 0 Å². The number of nitrogens with zero attached hydrogens (tertiary/aromatic N) is 4. The van der Waals surface area contributed by atoms with Crippen molar-refractivity contribution in [1.29, 1.82) is 0 Å². The topological polar surface area (TPSA) is 16.3 Å². The number of rotatable bonds is 16. The summed E-state index contributed by atoms with van der Waals surface area (Å²) in [6.07, 6.45) is 0. The summed E-state index contributed by atoms with van der Waals surface area (Å²) < 4.78 is 4.84. The van der Waals surface area contributed by atoms with E-state index in [0.717, 1.165) is 45.5 Å². The number of para-hydroxylation sites is 2. The molecule has 0 atom stereocenters. The fourth-order valence-corrected chi connectivity index (χ4v) is 21.6. The van der Waals surface area contributed by atoms with Crippen LogP contribution in [-0.4, -0.2) is 9.13 Å². The van der Waals surface area contributed by atoms with Crippen molar-refractivity contribution in [3.63, 3.8) is 0 Å². The minimum absolute atomic E-state index is 1.09. The van der Waals surface area contributed by atoms with Gasteiger partial charge in [-0.05, 0) is 336 Å². The van der Waals surface area contributed by atoms with E-state index in [2.05, 4.69) is 554 Å². The van der Waals surface area contributed by atoms with Gasteiger partial charge in [-0.25, -0.2) is 0 Å². The summed E-state index contributed by atoms with van der Waals surface area (Å²) >= 11 is 0. The van der Waals surface area contributed by atoms with Gasteiger partial charge in [-0.15, -0.1) is 0 Å². The molecule has 26 aromatic rings. The first kappa shape index (κ1) is 82.0. The molecule has 2 aromatic heterocycles. The van der Waals surface area contributed by atoms with Crippen LogP contribution in [0.3, 0.4) is 0 Å². The Morgan fingerprint density at radius 3 is 0.746 bits per heavy atom. The number of benzene rings is 24. The van der Waals surface area contributed by atoms with Gasteiger partial charge in [-0.3, -0.25) is 0 Å². The molecule has 24 aromatic carbocycles. The molecule has 0 saturated carbocycles. The molecule has 0 N–H and O–H groups in total. The lowest BCUT2D eigenvalue weighted by Crippen LogP contribution is -2.12. The monoisotopic (exact) mass is 1760 g/mol. The number of anilines is 6. The SMILES string of the molecule is Cc1cc(N(c2ccccc2)c2ccc(-n3c4ccc(-c5ccccc5)cc4c4cc(-c5ccccc5)ccc43)cc2)c(C)cc1-c1c2ccccc2c(-c2ccc3ccccc3c2)c2ccccc12.c1ccc(-c2ccc3c(c2)c2cc(-c4ccccc4)ccc2n3-c2ccc(N(c3ccccc3)c3ccc(-c4c5ccccc5c(-c5ccc6ccccc6c5)c5ccccc45)cc3)cc2)cc1. The molecule has 138 heavy (non-hydrogen) atoms. The molecule has 0 aliphatic heterocycles. The molecule has 0 saturated heterocycles. The summed E-state index contributed by atoms with van der Waals surface area (Å²) in [5.74, 6) is 0. The number of aromatic nitrogens is 2. The molecule has 0 spiro atoms. The van der Waals surface area contributed by atoms with E-state index < -0.39 is 0 Å². The van der Waals surface area contributed by atoms with E-state index in [-0.39, 0.29) is 0 Å². The highest BCUT2D eigenvalue weighted by molar-refractivity contribution is 6.24. The van der Waals surface area contributed by atoms with Crippen molar-refractivity contribution in [2.75, 3.05) is 9.80 Å². The Morgan fingerprint density at radius 1 is 0.152 bits per heavy atom. The first-order valence-electron chi connectivity index (χ1n) is 47.7. The number of fused-ring (bicyclic) bond motifs is 12. The van der Waals surface area contributed by atoms with E-state index in [1.807, 2.05) is 0 Å². The molecule has 0 bridgehead atoms. The smallest absolute Gasteiger partial charge is 0.0541 e. The Bertz CT molecular complexity index is 8860. The predicted octanol–water partition coefficient (Wildman–Crippen LogP) is 37.4. The zero-order valence-electron chi connectivity index (χ0n) is 76.4. The van der Waals surface area contributed by atoms with Gasteiger partial charge in [0.1, 0.15) is 0 Å². The third-order valence-electron chi connectivity index (χ3n) is 28.1. The summed E-state index contributed by atoms with van der Waals surface area (Å²) in [6.45, 7) is 4.54. The Balaban J connectivity index is 0.000000146. The minimum atomic E-state index is 1.09. The number of hydrogen-bond donors (Lipinski definition) is 0. The van der Waals surface area contributed by atoms with E-state index in [0.29, 0.717) is 0 Å². The summed E-state index contributed by atoms with van der Waals surface area (Å²) in [7, 11) is 0. The molecule has 0 amide bonds. The molecule has 648 valence electrons. The normalized spacial score (nSPS) is 11.6. The van der Waals surface area contributed by atoms with Crippen molar-refractivity contribution in [2.45, 2.75) is 13.8 Å². The van der Waals surface area contributed by atoms with Crippen LogP contribution >= 0.6 is 0 Å². The molecular formula is C134H92N4.